The van der Waals surface area contributed by atoms with E-state index in [4.69, 9.17) is 10.00 Å². The minimum absolute atomic E-state index is 0.0278. The highest BCUT2D eigenvalue weighted by atomic mass is 32.1. The Morgan fingerprint density at radius 2 is 2.35 bits per heavy atom. The lowest BCUT2D eigenvalue weighted by molar-refractivity contribution is 0.0591. The summed E-state index contributed by atoms with van der Waals surface area (Å²) in [4.78, 5) is 29.5. The van der Waals surface area contributed by atoms with Crippen molar-refractivity contribution in [1.82, 2.24) is 4.98 Å². The first kappa shape index (κ1) is 14.4. The van der Waals surface area contributed by atoms with Gasteiger partial charge in [0.05, 0.1) is 26.3 Å². The van der Waals surface area contributed by atoms with Crippen molar-refractivity contribution in [3.8, 4) is 6.07 Å². The van der Waals surface area contributed by atoms with Crippen LogP contribution >= 0.6 is 11.3 Å². The smallest absolute Gasteiger partial charge is 0.358 e. The van der Waals surface area contributed by atoms with E-state index in [1.165, 1.54) is 14.0 Å². The predicted molar refractivity (Wildman–Crippen MR) is 71.0 cm³/mol. The second-order valence-corrected chi connectivity index (χ2v) is 5.13. The summed E-state index contributed by atoms with van der Waals surface area (Å²) in [7, 11) is 1.24. The maximum atomic E-state index is 11.6. The first-order valence-corrected chi connectivity index (χ1v) is 6.74. The number of esters is 1. The van der Waals surface area contributed by atoms with Crippen molar-refractivity contribution in [1.29, 1.82) is 5.26 Å². The van der Waals surface area contributed by atoms with Crippen LogP contribution in [0.2, 0.25) is 0 Å². The first-order valence-electron chi connectivity index (χ1n) is 5.93. The molecule has 0 bridgehead atoms. The SMILES string of the molecule is COC(=O)c1nc(N2CCOC(C#N)C2)sc1C(C)=O. The number of anilines is 1. The highest BCUT2D eigenvalue weighted by molar-refractivity contribution is 7.17. The Balaban J connectivity index is 2.31. The molecular weight excluding hydrogens is 282 g/mol. The Morgan fingerprint density at radius 1 is 1.60 bits per heavy atom. The number of nitriles is 1. The maximum absolute atomic E-state index is 11.6. The van der Waals surface area contributed by atoms with Gasteiger partial charge < -0.3 is 14.4 Å². The van der Waals surface area contributed by atoms with Gasteiger partial charge in [0, 0.05) is 13.5 Å². The van der Waals surface area contributed by atoms with E-state index in [1.54, 1.807) is 0 Å². The summed E-state index contributed by atoms with van der Waals surface area (Å²) in [6.07, 6.45) is -0.532. The number of methoxy groups -OCH3 is 1. The predicted octanol–water partition coefficient (Wildman–Crippen LogP) is 0.861. The lowest BCUT2D eigenvalue weighted by atomic mass is 10.3. The van der Waals surface area contributed by atoms with Crippen LogP contribution in [0.5, 0.6) is 0 Å². The minimum atomic E-state index is -0.636. The van der Waals surface area contributed by atoms with Crippen LogP contribution in [0.25, 0.3) is 0 Å². The largest absolute Gasteiger partial charge is 0.464 e. The number of carbonyl (C=O) groups excluding carboxylic acids is 2. The van der Waals surface area contributed by atoms with Crippen molar-refractivity contribution in [2.75, 3.05) is 31.7 Å². The molecule has 0 radical (unpaired) electrons. The van der Waals surface area contributed by atoms with Crippen molar-refractivity contribution in [3.63, 3.8) is 0 Å². The van der Waals surface area contributed by atoms with E-state index in [-0.39, 0.29) is 16.4 Å². The van der Waals surface area contributed by atoms with Gasteiger partial charge in [-0.05, 0) is 0 Å². The monoisotopic (exact) mass is 295 g/mol. The van der Waals surface area contributed by atoms with Gasteiger partial charge in [-0.3, -0.25) is 4.79 Å². The summed E-state index contributed by atoms with van der Waals surface area (Å²) in [5.41, 5.74) is 0.0278. The third-order valence-corrected chi connectivity index (χ3v) is 4.01. The van der Waals surface area contributed by atoms with E-state index < -0.39 is 12.1 Å². The molecule has 0 spiro atoms. The topological polar surface area (TPSA) is 92.5 Å². The third kappa shape index (κ3) is 2.79. The third-order valence-electron chi connectivity index (χ3n) is 2.80. The molecule has 8 heteroatoms. The number of hydrogen-bond acceptors (Lipinski definition) is 8. The highest BCUT2D eigenvalue weighted by Gasteiger charge is 2.27. The van der Waals surface area contributed by atoms with Crippen LogP contribution in [0.1, 0.15) is 27.1 Å². The number of Topliss-reactive ketones (excluding diaryl/α,β-unsaturated/α-hetero) is 1. The Bertz CT molecular complexity index is 578. The van der Waals surface area contributed by atoms with Crippen LogP contribution in [-0.4, -0.2) is 49.6 Å². The molecule has 0 N–H and O–H groups in total. The fraction of sp³-hybridized carbons (Fsp3) is 0.500. The van der Waals surface area contributed by atoms with E-state index in [1.807, 2.05) is 11.0 Å². The Kier molecular flexibility index (Phi) is 4.32. The van der Waals surface area contributed by atoms with Crippen LogP contribution in [-0.2, 0) is 9.47 Å². The normalized spacial score (nSPS) is 18.4. The first-order chi connectivity index (χ1) is 9.56. The molecule has 1 aromatic heterocycles. The van der Waals surface area contributed by atoms with E-state index in [9.17, 15) is 9.59 Å². The molecule has 1 aliphatic heterocycles. The summed E-state index contributed by atoms with van der Waals surface area (Å²) in [6.45, 7) is 2.70. The van der Waals surface area contributed by atoms with Crippen LogP contribution in [0.4, 0.5) is 5.13 Å². The second kappa shape index (κ2) is 5.98. The van der Waals surface area contributed by atoms with Crippen molar-refractivity contribution in [2.45, 2.75) is 13.0 Å². The fourth-order valence-electron chi connectivity index (χ4n) is 1.82. The second-order valence-electron chi connectivity index (χ2n) is 4.16. The molecule has 1 aromatic rings. The Morgan fingerprint density at radius 3 is 2.95 bits per heavy atom. The summed E-state index contributed by atoms with van der Waals surface area (Å²) >= 11 is 1.13. The van der Waals surface area contributed by atoms with Crippen molar-refractivity contribution >= 4 is 28.2 Å². The zero-order valence-electron chi connectivity index (χ0n) is 11.1. The van der Waals surface area contributed by atoms with Gasteiger partial charge in [0.2, 0.25) is 0 Å². The maximum Gasteiger partial charge on any atom is 0.358 e. The number of morpholine rings is 1. The molecule has 7 nitrogen and oxygen atoms in total. The van der Waals surface area contributed by atoms with E-state index in [0.717, 1.165) is 11.3 Å². The molecule has 0 saturated carbocycles. The molecule has 1 unspecified atom stereocenters. The highest BCUT2D eigenvalue weighted by Crippen LogP contribution is 2.28. The Hall–Kier alpha value is -1.98. The standard InChI is InChI=1S/C12H13N3O4S/c1-7(16)10-9(11(17)18-2)14-12(20-10)15-3-4-19-8(5-13)6-15/h8H,3-4,6H2,1-2H3. The van der Waals surface area contributed by atoms with Gasteiger partial charge in [0.1, 0.15) is 4.88 Å². The molecule has 1 atom stereocenters. The van der Waals surface area contributed by atoms with Gasteiger partial charge in [-0.15, -0.1) is 0 Å². The summed E-state index contributed by atoms with van der Waals surface area (Å²) in [5.74, 6) is -0.873. The van der Waals surface area contributed by atoms with Gasteiger partial charge in [-0.1, -0.05) is 11.3 Å². The minimum Gasteiger partial charge on any atom is -0.464 e. The van der Waals surface area contributed by atoms with Gasteiger partial charge in [-0.2, -0.15) is 5.26 Å². The number of carbonyl (C=O) groups is 2. The van der Waals surface area contributed by atoms with Gasteiger partial charge in [0.15, 0.2) is 22.7 Å². The number of rotatable bonds is 3. The Labute approximate surface area is 119 Å². The number of ether oxygens (including phenoxy) is 2. The summed E-state index contributed by atoms with van der Waals surface area (Å²) < 4.78 is 9.87. The lowest BCUT2D eigenvalue weighted by Gasteiger charge is -2.29. The molecule has 1 aliphatic rings. The fourth-order valence-corrected chi connectivity index (χ4v) is 2.80. The molecule has 1 saturated heterocycles. The van der Waals surface area contributed by atoms with E-state index >= 15 is 0 Å². The average molecular weight is 295 g/mol. The van der Waals surface area contributed by atoms with E-state index in [0.29, 0.717) is 24.8 Å². The molecule has 2 heterocycles. The summed E-state index contributed by atoms with van der Waals surface area (Å²) in [5, 5.41) is 9.41. The molecule has 0 aromatic carbocycles. The molecule has 0 amide bonds. The van der Waals surface area contributed by atoms with Crippen molar-refractivity contribution in [3.05, 3.63) is 10.6 Å². The van der Waals surface area contributed by atoms with Gasteiger partial charge in [-0.25, -0.2) is 9.78 Å². The zero-order valence-corrected chi connectivity index (χ0v) is 11.9. The zero-order chi connectivity index (χ0) is 14.7. The summed E-state index contributed by atoms with van der Waals surface area (Å²) in [6, 6.07) is 2.04. The van der Waals surface area contributed by atoms with Gasteiger partial charge >= 0.3 is 5.97 Å². The molecule has 1 fully saturated rings. The number of aromatic nitrogens is 1. The van der Waals surface area contributed by atoms with Crippen LogP contribution in [0, 0.1) is 11.3 Å². The number of hydrogen-bond donors (Lipinski definition) is 0. The molecular formula is C12H13N3O4S. The van der Waals surface area contributed by atoms with Crippen LogP contribution < -0.4 is 4.90 Å². The van der Waals surface area contributed by atoms with Crippen LogP contribution in [0.3, 0.4) is 0 Å². The van der Waals surface area contributed by atoms with Crippen molar-refractivity contribution < 1.29 is 19.1 Å². The lowest BCUT2D eigenvalue weighted by Crippen LogP contribution is -2.41. The van der Waals surface area contributed by atoms with Crippen LogP contribution in [0.15, 0.2) is 0 Å². The number of thiazole rings is 1. The van der Waals surface area contributed by atoms with Crippen molar-refractivity contribution in [2.24, 2.45) is 0 Å². The molecule has 2 rings (SSSR count). The molecule has 106 valence electrons. The van der Waals surface area contributed by atoms with Gasteiger partial charge in [0.25, 0.3) is 0 Å². The number of ketones is 1. The number of nitrogens with zero attached hydrogens (tertiary/aromatic N) is 3. The van der Waals surface area contributed by atoms with E-state index in [2.05, 4.69) is 9.72 Å². The molecule has 0 aliphatic carbocycles. The molecule has 20 heavy (non-hydrogen) atoms. The quantitative estimate of drug-likeness (QED) is 0.603. The average Bonchev–Trinajstić information content (AvgIpc) is 2.92.